The summed E-state index contributed by atoms with van der Waals surface area (Å²) in [5.41, 5.74) is 0. The summed E-state index contributed by atoms with van der Waals surface area (Å²) < 4.78 is 0. The number of amides is 6. The third-order valence-electron chi connectivity index (χ3n) is 12.8. The fraction of sp³-hybridized carbons (Fsp3) is 0.740. The number of hydrogen-bond acceptors (Lipinski definition) is 43. The fourth-order valence-corrected chi connectivity index (χ4v) is 7.33. The fourth-order valence-electron chi connectivity index (χ4n) is 7.33. The first-order valence-corrected chi connectivity index (χ1v) is 28.5. The van der Waals surface area contributed by atoms with Crippen molar-refractivity contribution in [3.8, 4) is 0 Å². The SMILES string of the molecule is O.O=C([O-])CN(CCN(CC(=O)[O-])CC(=O)NCCN(C(=O)CO/N=C/C(O)C(O)[C@H](O)C(O)CO)C(=O)CO/N=C/C(O)[C@H](O)[C@H](O)C(O)CO)CCN(CC(=O)[O-])CC(=O)NCCN(C(=O)CO/N=C/C(O)[C@H](O)[C@H](O)C(O)CO)C(=O)CO/N=C/C(O)[C@H](O)[C@H](O)C(O)CO.[Gd+3]. The van der Waals surface area contributed by atoms with Crippen LogP contribution in [0.5, 0.6) is 0 Å². The number of carbonyl (C=O) groups is 9. The van der Waals surface area contributed by atoms with Crippen LogP contribution in [0.1, 0.15) is 0 Å². The average Bonchev–Trinajstić information content (AvgIpc) is 0.948. The summed E-state index contributed by atoms with van der Waals surface area (Å²) in [6.45, 7) is -17.9. The number of rotatable bonds is 54. The van der Waals surface area contributed by atoms with Crippen LogP contribution in [-0.2, 0) is 62.5 Å². The first kappa shape index (κ1) is 97.1. The van der Waals surface area contributed by atoms with Crippen LogP contribution in [0.2, 0.25) is 0 Å². The molecule has 49 heteroatoms. The molecule has 0 aromatic rings. The Morgan fingerprint density at radius 3 is 0.768 bits per heavy atom. The van der Waals surface area contributed by atoms with E-state index < -0.39 is 289 Å². The molecule has 0 heterocycles. The number of oxime groups is 4. The van der Waals surface area contributed by atoms with Gasteiger partial charge >= 0.3 is 39.9 Å². The maximum Gasteiger partial charge on any atom is 3.00 e. The molecule has 0 aliphatic rings. The molecule has 99 heavy (non-hydrogen) atoms. The zero-order valence-electron chi connectivity index (χ0n) is 52.3. The summed E-state index contributed by atoms with van der Waals surface area (Å²) in [5.74, 6) is -12.4. The number of carboxylic acid groups (broad SMARTS) is 3. The molecule has 24 N–H and O–H groups in total. The second-order valence-electron chi connectivity index (χ2n) is 20.4. The van der Waals surface area contributed by atoms with Gasteiger partial charge in [0.2, 0.25) is 11.8 Å². The molecule has 571 valence electrons. The minimum absolute atomic E-state index is 0. The largest absolute Gasteiger partial charge is 3.00 e. The van der Waals surface area contributed by atoms with Gasteiger partial charge in [-0.2, -0.15) is 0 Å². The summed E-state index contributed by atoms with van der Waals surface area (Å²) in [6, 6.07) is 0. The van der Waals surface area contributed by atoms with Gasteiger partial charge in [-0.25, -0.2) is 0 Å². The molecule has 0 bridgehead atoms. The van der Waals surface area contributed by atoms with Crippen LogP contribution in [-0.4, -0.2) is 446 Å². The molecule has 0 aromatic carbocycles. The minimum Gasteiger partial charge on any atom is -0.549 e. The number of nitrogens with one attached hydrogen (secondary N) is 2. The summed E-state index contributed by atoms with van der Waals surface area (Å²) in [6.07, 6.45) is -31.1. The zero-order chi connectivity index (χ0) is 74.1. The quantitative estimate of drug-likeness (QED) is 0.0199. The van der Waals surface area contributed by atoms with Crippen molar-refractivity contribution in [1.82, 2.24) is 35.1 Å². The van der Waals surface area contributed by atoms with E-state index in [4.69, 9.17) is 39.8 Å². The third kappa shape index (κ3) is 40.2. The maximum absolute atomic E-state index is 13.2. The summed E-state index contributed by atoms with van der Waals surface area (Å²) in [4.78, 5) is 137. The topological polar surface area (TPSA) is 786 Å². The van der Waals surface area contributed by atoms with Gasteiger partial charge < -0.3 is 167 Å². The number of aliphatic hydroxyl groups is 20. The second kappa shape index (κ2) is 53.7. The molecule has 0 fully saturated rings. The molecule has 0 aliphatic carbocycles. The monoisotopic (exact) mass is 1590 g/mol. The van der Waals surface area contributed by atoms with Gasteiger partial charge in [-0.15, -0.1) is 0 Å². The first-order chi connectivity index (χ1) is 45.6. The normalized spacial score (nSPS) is 16.7. The van der Waals surface area contributed by atoms with Crippen LogP contribution in [0.4, 0.5) is 0 Å². The molecular formula is C50H86GdN11O37. The van der Waals surface area contributed by atoms with Crippen molar-refractivity contribution in [3.63, 3.8) is 0 Å². The maximum atomic E-state index is 13.2. The Morgan fingerprint density at radius 1 is 0.343 bits per heavy atom. The van der Waals surface area contributed by atoms with Gasteiger partial charge in [0, 0.05) is 72.0 Å². The average molecular weight is 1590 g/mol. The standard InChI is InChI=1S/C50H87N11O36.Gd.H2O/c62-18-30(70)47(90)43(86)26(66)9-53-94-22-36(76)60(37(77)23-95-54-10-27(67)44(87)48(91)31(71)19-63)3-1-51-34(74)13-58(16-41(82)83)7-5-57(15-40(80)81)6-8-59(17-42(84)85)14-35(75)52-2-4-61(38(78)24-96-55-11-28(68)45(88)49(92)32(72)20-64)39(79)25-97-56-12-29(69)46(89)50(93)33(73)21-65;;/h9-12,26-33,43-50,62-73,86-93H,1-8,13-25H2,(H,51,74)(H,52,75)(H,80,81)(H,82,83)(H,84,85);;1H2/q;+3;/p-3/b53-9+,54-10+,55-11+,56-12+;;/t26?,27?,28?,29?,30?,31?,32?,33?,43-,44-,45-,46?,47+,48+,49+,50+;;/m0../s1. The van der Waals surface area contributed by atoms with Gasteiger partial charge in [0.1, 0.15) is 97.7 Å². The molecule has 6 amide bonds. The number of aliphatic hydroxyl groups excluding tert-OH is 20. The van der Waals surface area contributed by atoms with Crippen molar-refractivity contribution >= 4 is 78.2 Å². The first-order valence-electron chi connectivity index (χ1n) is 28.5. The molecule has 0 rings (SSSR count). The van der Waals surface area contributed by atoms with Gasteiger partial charge in [0.15, 0.2) is 26.4 Å². The summed E-state index contributed by atoms with van der Waals surface area (Å²) in [7, 11) is 0. The Labute approximate surface area is 592 Å². The van der Waals surface area contributed by atoms with E-state index in [9.17, 15) is 140 Å². The number of aliphatic carboxylic acids is 3. The smallest absolute Gasteiger partial charge is 0.549 e. The van der Waals surface area contributed by atoms with Gasteiger partial charge in [-0.3, -0.25) is 53.3 Å². The van der Waals surface area contributed by atoms with Crippen molar-refractivity contribution in [2.24, 2.45) is 20.6 Å². The van der Waals surface area contributed by atoms with Gasteiger partial charge in [-0.1, -0.05) is 20.6 Å². The summed E-state index contributed by atoms with van der Waals surface area (Å²) >= 11 is 0. The van der Waals surface area contributed by atoms with Crippen molar-refractivity contribution in [2.45, 2.75) is 97.7 Å². The number of hydrogen-bond donors (Lipinski definition) is 22. The van der Waals surface area contributed by atoms with Crippen LogP contribution in [0.25, 0.3) is 0 Å². The number of carbonyl (C=O) groups excluding carboxylic acids is 9. The van der Waals surface area contributed by atoms with E-state index in [1.165, 1.54) is 0 Å². The van der Waals surface area contributed by atoms with Gasteiger partial charge in [-0.05, 0) is 0 Å². The Hall–Kier alpha value is -6.13. The van der Waals surface area contributed by atoms with E-state index in [0.717, 1.165) is 14.7 Å². The van der Waals surface area contributed by atoms with Crippen LogP contribution in [0.15, 0.2) is 20.6 Å². The van der Waals surface area contributed by atoms with Gasteiger partial charge in [0.05, 0.1) is 82.3 Å². The second-order valence-corrected chi connectivity index (χ2v) is 20.4. The molecule has 0 aromatic heterocycles. The Kier molecular flexibility index (Phi) is 52.6. The molecule has 0 saturated carbocycles. The van der Waals surface area contributed by atoms with Crippen LogP contribution in [0.3, 0.4) is 0 Å². The molecule has 0 spiro atoms. The number of imide groups is 2. The molecular weight excluding hydrogens is 1500 g/mol. The van der Waals surface area contributed by atoms with E-state index in [2.05, 4.69) is 31.3 Å². The third-order valence-corrected chi connectivity index (χ3v) is 12.8. The zero-order valence-corrected chi connectivity index (χ0v) is 54.5. The van der Waals surface area contributed by atoms with E-state index in [0.29, 0.717) is 34.7 Å². The molecule has 1 radical (unpaired) electrons. The predicted molar refractivity (Wildman–Crippen MR) is 310 cm³/mol. The molecule has 16 atom stereocenters. The number of carboxylic acids is 3. The van der Waals surface area contributed by atoms with E-state index in [1.807, 2.05) is 0 Å². The van der Waals surface area contributed by atoms with Crippen molar-refractivity contribution in [3.05, 3.63) is 0 Å². The van der Waals surface area contributed by atoms with E-state index in [1.54, 1.807) is 0 Å². The van der Waals surface area contributed by atoms with Crippen molar-refractivity contribution < 1.29 is 225 Å². The van der Waals surface area contributed by atoms with Crippen LogP contribution in [0, 0.1) is 39.9 Å². The van der Waals surface area contributed by atoms with Gasteiger partial charge in [0.25, 0.3) is 23.6 Å². The molecule has 0 saturated heterocycles. The summed E-state index contributed by atoms with van der Waals surface area (Å²) in [5, 5.41) is 245. The van der Waals surface area contributed by atoms with Crippen molar-refractivity contribution in [2.75, 3.05) is 138 Å². The Balaban J connectivity index is -0.0000461. The van der Waals surface area contributed by atoms with Crippen molar-refractivity contribution in [1.29, 1.82) is 0 Å². The minimum atomic E-state index is -2.15. The van der Waals surface area contributed by atoms with E-state index >= 15 is 0 Å². The molecule has 9 unspecified atom stereocenters. The Morgan fingerprint density at radius 2 is 0.556 bits per heavy atom. The molecule has 48 nitrogen and oxygen atoms in total. The number of nitrogens with zero attached hydrogens (tertiary/aromatic N) is 9. The van der Waals surface area contributed by atoms with E-state index in [-0.39, 0.29) is 45.4 Å². The molecule has 0 aliphatic heterocycles. The van der Waals surface area contributed by atoms with Crippen LogP contribution < -0.4 is 26.0 Å². The van der Waals surface area contributed by atoms with Crippen LogP contribution >= 0.6 is 0 Å². The predicted octanol–water partition coefficient (Wildman–Crippen LogP) is -23.0. The Bertz CT molecular complexity index is 2240.